The van der Waals surface area contributed by atoms with Crippen LogP contribution >= 0.6 is 0 Å². The molecule has 4 heteroatoms. The number of amides is 2. The van der Waals surface area contributed by atoms with E-state index >= 15 is 0 Å². The second kappa shape index (κ2) is 4.12. The van der Waals surface area contributed by atoms with Crippen molar-refractivity contribution in [2.45, 2.75) is 32.6 Å². The van der Waals surface area contributed by atoms with E-state index in [4.69, 9.17) is 0 Å². The van der Waals surface area contributed by atoms with E-state index in [2.05, 4.69) is 5.32 Å². The zero-order valence-electron chi connectivity index (χ0n) is 10.5. The summed E-state index contributed by atoms with van der Waals surface area (Å²) in [5.41, 5.74) is 4.17. The molecule has 1 aromatic rings. The minimum Gasteiger partial charge on any atom is -0.326 e. The fourth-order valence-corrected chi connectivity index (χ4v) is 2.80. The first-order valence-electron chi connectivity index (χ1n) is 6.45. The van der Waals surface area contributed by atoms with Crippen LogP contribution in [-0.2, 0) is 22.4 Å². The number of nitrogens with zero attached hydrogens (tertiary/aromatic N) is 1. The van der Waals surface area contributed by atoms with Crippen molar-refractivity contribution in [1.29, 1.82) is 0 Å². The number of nitrogens with one attached hydrogen (secondary N) is 1. The molecule has 0 spiro atoms. The third-order valence-electron chi connectivity index (χ3n) is 3.61. The Hall–Kier alpha value is -1.84. The third kappa shape index (κ3) is 1.68. The van der Waals surface area contributed by atoms with Gasteiger partial charge < -0.3 is 10.2 Å². The van der Waals surface area contributed by atoms with E-state index in [9.17, 15) is 9.59 Å². The zero-order valence-corrected chi connectivity index (χ0v) is 10.5. The van der Waals surface area contributed by atoms with Crippen molar-refractivity contribution in [3.8, 4) is 0 Å². The van der Waals surface area contributed by atoms with Crippen LogP contribution in [0.4, 0.5) is 11.4 Å². The molecule has 1 aromatic carbocycles. The molecule has 0 saturated heterocycles. The average molecular weight is 244 g/mol. The van der Waals surface area contributed by atoms with Crippen LogP contribution in [0.1, 0.15) is 30.9 Å². The Labute approximate surface area is 106 Å². The molecule has 94 valence electrons. The monoisotopic (exact) mass is 244 g/mol. The van der Waals surface area contributed by atoms with Gasteiger partial charge in [-0.05, 0) is 36.1 Å². The summed E-state index contributed by atoms with van der Waals surface area (Å²) in [4.78, 5) is 25.2. The van der Waals surface area contributed by atoms with Crippen LogP contribution in [0.5, 0.6) is 0 Å². The summed E-state index contributed by atoms with van der Waals surface area (Å²) in [5, 5.41) is 2.88. The lowest BCUT2D eigenvalue weighted by Gasteiger charge is -2.26. The summed E-state index contributed by atoms with van der Waals surface area (Å²) < 4.78 is 0. The molecular weight excluding hydrogens is 228 g/mol. The minimum atomic E-state index is 0.0131. The molecule has 0 aliphatic carbocycles. The standard InChI is InChI=1S/C14H16N2O2/c1-2-12(17)15-11-6-9-4-3-5-16-13(18)8-10(7-11)14(9)16/h6-7H,2-5,8H2,1H3,(H,15,17). The number of aryl methyl sites for hydroxylation is 1. The first kappa shape index (κ1) is 11.3. The molecule has 3 rings (SSSR count). The van der Waals surface area contributed by atoms with E-state index in [-0.39, 0.29) is 11.8 Å². The fourth-order valence-electron chi connectivity index (χ4n) is 2.80. The summed E-state index contributed by atoms with van der Waals surface area (Å²) in [5.74, 6) is 0.198. The molecular formula is C14H16N2O2. The second-order valence-electron chi connectivity index (χ2n) is 4.87. The number of hydrogen-bond donors (Lipinski definition) is 1. The van der Waals surface area contributed by atoms with Gasteiger partial charge in [0.2, 0.25) is 11.8 Å². The first-order chi connectivity index (χ1) is 8.69. The van der Waals surface area contributed by atoms with Crippen LogP contribution in [0, 0.1) is 0 Å². The maximum Gasteiger partial charge on any atom is 0.231 e. The van der Waals surface area contributed by atoms with E-state index in [0.717, 1.165) is 36.3 Å². The van der Waals surface area contributed by atoms with Crippen molar-refractivity contribution in [2.24, 2.45) is 0 Å². The molecule has 0 radical (unpaired) electrons. The number of carbonyl (C=O) groups is 2. The van der Waals surface area contributed by atoms with Crippen molar-refractivity contribution >= 4 is 23.2 Å². The molecule has 0 aromatic heterocycles. The normalized spacial score (nSPS) is 16.7. The molecule has 0 unspecified atom stereocenters. The van der Waals surface area contributed by atoms with E-state index < -0.39 is 0 Å². The fraction of sp³-hybridized carbons (Fsp3) is 0.429. The predicted molar refractivity (Wildman–Crippen MR) is 69.7 cm³/mol. The lowest BCUT2D eigenvalue weighted by molar-refractivity contribution is -0.117. The van der Waals surface area contributed by atoms with Gasteiger partial charge in [0.15, 0.2) is 0 Å². The highest BCUT2D eigenvalue weighted by Gasteiger charge is 2.32. The Morgan fingerprint density at radius 3 is 2.94 bits per heavy atom. The Morgan fingerprint density at radius 2 is 2.17 bits per heavy atom. The second-order valence-corrected chi connectivity index (χ2v) is 4.87. The smallest absolute Gasteiger partial charge is 0.231 e. The summed E-state index contributed by atoms with van der Waals surface area (Å²) in [7, 11) is 0. The van der Waals surface area contributed by atoms with Crippen LogP contribution in [0.2, 0.25) is 0 Å². The van der Waals surface area contributed by atoms with Gasteiger partial charge in [-0.15, -0.1) is 0 Å². The molecule has 0 bridgehead atoms. The van der Waals surface area contributed by atoms with Crippen molar-refractivity contribution in [1.82, 2.24) is 0 Å². The van der Waals surface area contributed by atoms with E-state index in [1.165, 1.54) is 5.56 Å². The SMILES string of the molecule is CCC(=O)Nc1cc2c3c(c1)CC(=O)N3CCC2. The highest BCUT2D eigenvalue weighted by molar-refractivity contribution is 6.03. The molecule has 1 N–H and O–H groups in total. The van der Waals surface area contributed by atoms with Gasteiger partial charge in [0.25, 0.3) is 0 Å². The van der Waals surface area contributed by atoms with Gasteiger partial charge in [-0.1, -0.05) is 6.92 Å². The zero-order chi connectivity index (χ0) is 12.7. The Kier molecular flexibility index (Phi) is 2.58. The molecule has 2 amide bonds. The van der Waals surface area contributed by atoms with Gasteiger partial charge in [-0.3, -0.25) is 9.59 Å². The topological polar surface area (TPSA) is 49.4 Å². The van der Waals surface area contributed by atoms with Crippen LogP contribution in [-0.4, -0.2) is 18.4 Å². The maximum atomic E-state index is 11.9. The third-order valence-corrected chi connectivity index (χ3v) is 3.61. The van der Waals surface area contributed by atoms with Gasteiger partial charge in [-0.25, -0.2) is 0 Å². The van der Waals surface area contributed by atoms with Gasteiger partial charge in [0, 0.05) is 18.7 Å². The van der Waals surface area contributed by atoms with Crippen molar-refractivity contribution in [2.75, 3.05) is 16.8 Å². The first-order valence-corrected chi connectivity index (χ1v) is 6.45. The number of carbonyl (C=O) groups excluding carboxylic acids is 2. The van der Waals surface area contributed by atoms with Gasteiger partial charge >= 0.3 is 0 Å². The number of benzene rings is 1. The van der Waals surface area contributed by atoms with E-state index in [1.807, 2.05) is 24.0 Å². The van der Waals surface area contributed by atoms with E-state index in [0.29, 0.717) is 12.8 Å². The summed E-state index contributed by atoms with van der Waals surface area (Å²) in [6, 6.07) is 3.95. The average Bonchev–Trinajstić information content (AvgIpc) is 2.68. The Morgan fingerprint density at radius 1 is 1.39 bits per heavy atom. The summed E-state index contributed by atoms with van der Waals surface area (Å²) in [6.07, 6.45) is 2.93. The highest BCUT2D eigenvalue weighted by atomic mass is 16.2. The Balaban J connectivity index is 2.01. The molecule has 0 saturated carbocycles. The summed E-state index contributed by atoms with van der Waals surface area (Å²) >= 11 is 0. The molecule has 18 heavy (non-hydrogen) atoms. The van der Waals surface area contributed by atoms with Crippen molar-refractivity contribution < 1.29 is 9.59 Å². The van der Waals surface area contributed by atoms with Gasteiger partial charge in [-0.2, -0.15) is 0 Å². The van der Waals surface area contributed by atoms with Crippen LogP contribution in [0.3, 0.4) is 0 Å². The lowest BCUT2D eigenvalue weighted by atomic mass is 9.99. The number of hydrogen-bond acceptors (Lipinski definition) is 2. The van der Waals surface area contributed by atoms with Crippen LogP contribution in [0.25, 0.3) is 0 Å². The van der Waals surface area contributed by atoms with Gasteiger partial charge in [0.05, 0.1) is 12.1 Å². The number of rotatable bonds is 2. The Bertz CT molecular complexity index is 537. The van der Waals surface area contributed by atoms with Crippen molar-refractivity contribution in [3.05, 3.63) is 23.3 Å². The minimum absolute atomic E-state index is 0.0131. The predicted octanol–water partition coefficient (Wildman–Crippen LogP) is 1.87. The molecule has 0 fully saturated rings. The van der Waals surface area contributed by atoms with Crippen LogP contribution < -0.4 is 10.2 Å². The molecule has 2 aliphatic rings. The molecule has 2 aliphatic heterocycles. The largest absolute Gasteiger partial charge is 0.326 e. The summed E-state index contributed by atoms with van der Waals surface area (Å²) in [6.45, 7) is 2.66. The van der Waals surface area contributed by atoms with Crippen LogP contribution in [0.15, 0.2) is 12.1 Å². The maximum absolute atomic E-state index is 11.9. The van der Waals surface area contributed by atoms with Gasteiger partial charge in [0.1, 0.15) is 0 Å². The lowest BCUT2D eigenvalue weighted by Crippen LogP contribution is -2.31. The van der Waals surface area contributed by atoms with Crippen molar-refractivity contribution in [3.63, 3.8) is 0 Å². The number of anilines is 2. The molecule has 2 heterocycles. The quantitative estimate of drug-likeness (QED) is 0.863. The van der Waals surface area contributed by atoms with E-state index in [1.54, 1.807) is 0 Å². The molecule has 4 nitrogen and oxygen atoms in total. The molecule has 0 atom stereocenters. The highest BCUT2D eigenvalue weighted by Crippen LogP contribution is 2.38.